The van der Waals surface area contributed by atoms with Crippen molar-refractivity contribution in [3.63, 3.8) is 0 Å². The number of benzene rings is 1. The molecule has 1 rings (SSSR count). The van der Waals surface area contributed by atoms with Crippen LogP contribution in [0.5, 0.6) is 0 Å². The maximum atomic E-state index is 11.4. The highest BCUT2D eigenvalue weighted by molar-refractivity contribution is 5.91. The summed E-state index contributed by atoms with van der Waals surface area (Å²) in [5.74, 6) is 0.512. The van der Waals surface area contributed by atoms with E-state index in [2.05, 4.69) is 19.2 Å². The van der Waals surface area contributed by atoms with Crippen molar-refractivity contribution >= 4 is 12.0 Å². The summed E-state index contributed by atoms with van der Waals surface area (Å²) in [4.78, 5) is 11.4. The van der Waals surface area contributed by atoms with Gasteiger partial charge in [0.05, 0.1) is 0 Å². The van der Waals surface area contributed by atoms with Gasteiger partial charge in [0, 0.05) is 12.6 Å². The van der Waals surface area contributed by atoms with Crippen molar-refractivity contribution in [1.29, 1.82) is 0 Å². The van der Waals surface area contributed by atoms with Gasteiger partial charge in [-0.05, 0) is 17.6 Å². The van der Waals surface area contributed by atoms with E-state index >= 15 is 0 Å². The first kappa shape index (κ1) is 12.5. The molecule has 1 atom stereocenters. The van der Waals surface area contributed by atoms with Crippen LogP contribution in [0.2, 0.25) is 0 Å². The molecule has 0 heterocycles. The molecule has 0 saturated carbocycles. The third-order valence-corrected chi connectivity index (χ3v) is 2.55. The Morgan fingerprint density at radius 3 is 2.69 bits per heavy atom. The van der Waals surface area contributed by atoms with E-state index in [-0.39, 0.29) is 5.91 Å². The lowest BCUT2D eigenvalue weighted by Gasteiger charge is -2.07. The second-order valence-electron chi connectivity index (χ2n) is 4.00. The number of carbonyl (C=O) groups is 1. The molecular weight excluding hydrogens is 198 g/mol. The quantitative estimate of drug-likeness (QED) is 0.755. The first-order valence-corrected chi connectivity index (χ1v) is 5.73. The van der Waals surface area contributed by atoms with E-state index in [0.29, 0.717) is 5.92 Å². The minimum absolute atomic E-state index is 0.0239. The zero-order valence-corrected chi connectivity index (χ0v) is 9.94. The molecule has 0 radical (unpaired) electrons. The summed E-state index contributed by atoms with van der Waals surface area (Å²) in [6.45, 7) is 4.99. The van der Waals surface area contributed by atoms with Gasteiger partial charge in [-0.15, -0.1) is 0 Å². The van der Waals surface area contributed by atoms with Gasteiger partial charge in [0.2, 0.25) is 5.91 Å². The van der Waals surface area contributed by atoms with E-state index in [0.717, 1.165) is 18.5 Å². The Hall–Kier alpha value is -1.57. The molecule has 1 amide bonds. The Morgan fingerprint density at radius 1 is 1.38 bits per heavy atom. The van der Waals surface area contributed by atoms with Crippen molar-refractivity contribution in [2.75, 3.05) is 6.54 Å². The molecular formula is C14H19NO. The summed E-state index contributed by atoms with van der Waals surface area (Å²) in [6.07, 6.45) is 4.49. The van der Waals surface area contributed by atoms with E-state index in [4.69, 9.17) is 0 Å². The molecule has 1 aromatic carbocycles. The number of hydrogen-bond acceptors (Lipinski definition) is 1. The van der Waals surface area contributed by atoms with Gasteiger partial charge in [0.15, 0.2) is 0 Å². The predicted octanol–water partition coefficient (Wildman–Crippen LogP) is 2.86. The lowest BCUT2D eigenvalue weighted by Crippen LogP contribution is -2.26. The minimum atomic E-state index is -0.0239. The Kier molecular flexibility index (Phi) is 5.34. The molecule has 1 aromatic rings. The molecule has 0 saturated heterocycles. The SMILES string of the molecule is CCC(C)CNC(=O)C=Cc1ccccc1. The van der Waals surface area contributed by atoms with E-state index < -0.39 is 0 Å². The summed E-state index contributed by atoms with van der Waals surface area (Å²) >= 11 is 0. The first-order valence-electron chi connectivity index (χ1n) is 5.73. The van der Waals surface area contributed by atoms with Crippen LogP contribution in [0.4, 0.5) is 0 Å². The van der Waals surface area contributed by atoms with Crippen molar-refractivity contribution < 1.29 is 4.79 Å². The topological polar surface area (TPSA) is 29.1 Å². The average molecular weight is 217 g/mol. The van der Waals surface area contributed by atoms with Gasteiger partial charge in [-0.1, -0.05) is 50.6 Å². The predicted molar refractivity (Wildman–Crippen MR) is 67.9 cm³/mol. The molecule has 0 aliphatic heterocycles. The fourth-order valence-corrected chi connectivity index (χ4v) is 1.21. The third-order valence-electron chi connectivity index (χ3n) is 2.55. The molecule has 16 heavy (non-hydrogen) atoms. The fourth-order valence-electron chi connectivity index (χ4n) is 1.21. The van der Waals surface area contributed by atoms with E-state index in [1.54, 1.807) is 6.08 Å². The second kappa shape index (κ2) is 6.83. The van der Waals surface area contributed by atoms with Gasteiger partial charge in [0.1, 0.15) is 0 Å². The van der Waals surface area contributed by atoms with Crippen LogP contribution in [-0.4, -0.2) is 12.5 Å². The Labute approximate surface area is 97.4 Å². The monoisotopic (exact) mass is 217 g/mol. The molecule has 0 spiro atoms. The average Bonchev–Trinajstić information content (AvgIpc) is 2.34. The smallest absolute Gasteiger partial charge is 0.244 e. The van der Waals surface area contributed by atoms with Gasteiger partial charge in [0.25, 0.3) is 0 Å². The summed E-state index contributed by atoms with van der Waals surface area (Å²) in [6, 6.07) is 9.81. The van der Waals surface area contributed by atoms with E-state index in [1.165, 1.54) is 0 Å². The van der Waals surface area contributed by atoms with Crippen LogP contribution in [0.15, 0.2) is 36.4 Å². The Morgan fingerprint density at radius 2 is 2.06 bits per heavy atom. The summed E-state index contributed by atoms with van der Waals surface area (Å²) in [7, 11) is 0. The Bertz CT molecular complexity index is 343. The molecule has 0 aromatic heterocycles. The van der Waals surface area contributed by atoms with Crippen molar-refractivity contribution in [2.24, 2.45) is 5.92 Å². The summed E-state index contributed by atoms with van der Waals surface area (Å²) < 4.78 is 0. The number of hydrogen-bond donors (Lipinski definition) is 1. The van der Waals surface area contributed by atoms with Crippen LogP contribution in [0.3, 0.4) is 0 Å². The van der Waals surface area contributed by atoms with Crippen LogP contribution in [-0.2, 0) is 4.79 Å². The largest absolute Gasteiger partial charge is 0.352 e. The molecule has 0 fully saturated rings. The van der Waals surface area contributed by atoms with Gasteiger partial charge < -0.3 is 5.32 Å². The zero-order valence-electron chi connectivity index (χ0n) is 9.94. The van der Waals surface area contributed by atoms with Gasteiger partial charge >= 0.3 is 0 Å². The number of rotatable bonds is 5. The molecule has 1 unspecified atom stereocenters. The van der Waals surface area contributed by atoms with E-state index in [1.807, 2.05) is 36.4 Å². The number of amides is 1. The number of nitrogens with one attached hydrogen (secondary N) is 1. The number of carbonyl (C=O) groups excluding carboxylic acids is 1. The molecule has 1 N–H and O–H groups in total. The summed E-state index contributed by atoms with van der Waals surface area (Å²) in [5, 5.41) is 2.88. The van der Waals surface area contributed by atoms with Crippen LogP contribution in [0.1, 0.15) is 25.8 Å². The molecule has 0 aliphatic carbocycles. The molecule has 0 aliphatic rings. The van der Waals surface area contributed by atoms with Gasteiger partial charge in [-0.3, -0.25) is 4.79 Å². The fraction of sp³-hybridized carbons (Fsp3) is 0.357. The molecule has 86 valence electrons. The lowest BCUT2D eigenvalue weighted by molar-refractivity contribution is -0.116. The maximum absolute atomic E-state index is 11.4. The standard InChI is InChI=1S/C14H19NO/c1-3-12(2)11-15-14(16)10-9-13-7-5-4-6-8-13/h4-10,12H,3,11H2,1-2H3,(H,15,16). The zero-order chi connectivity index (χ0) is 11.8. The van der Waals surface area contributed by atoms with Gasteiger partial charge in [-0.2, -0.15) is 0 Å². The first-order chi connectivity index (χ1) is 7.72. The van der Waals surface area contributed by atoms with Crippen molar-refractivity contribution in [2.45, 2.75) is 20.3 Å². The minimum Gasteiger partial charge on any atom is -0.352 e. The molecule has 0 bridgehead atoms. The van der Waals surface area contributed by atoms with Crippen LogP contribution < -0.4 is 5.32 Å². The molecule has 2 nitrogen and oxygen atoms in total. The lowest BCUT2D eigenvalue weighted by atomic mass is 10.1. The Balaban J connectivity index is 2.37. The highest BCUT2D eigenvalue weighted by Crippen LogP contribution is 2.01. The third kappa shape index (κ3) is 4.78. The van der Waals surface area contributed by atoms with Crippen LogP contribution in [0.25, 0.3) is 6.08 Å². The normalized spacial score (nSPS) is 12.6. The second-order valence-corrected chi connectivity index (χ2v) is 4.00. The maximum Gasteiger partial charge on any atom is 0.244 e. The summed E-state index contributed by atoms with van der Waals surface area (Å²) in [5.41, 5.74) is 1.04. The highest BCUT2D eigenvalue weighted by Gasteiger charge is 1.99. The van der Waals surface area contributed by atoms with E-state index in [9.17, 15) is 4.79 Å². The van der Waals surface area contributed by atoms with Crippen molar-refractivity contribution in [1.82, 2.24) is 5.32 Å². The van der Waals surface area contributed by atoms with Crippen LogP contribution in [0, 0.1) is 5.92 Å². The van der Waals surface area contributed by atoms with Crippen molar-refractivity contribution in [3.05, 3.63) is 42.0 Å². The van der Waals surface area contributed by atoms with Crippen LogP contribution >= 0.6 is 0 Å². The highest BCUT2D eigenvalue weighted by atomic mass is 16.1. The van der Waals surface area contributed by atoms with Gasteiger partial charge in [-0.25, -0.2) is 0 Å². The molecule has 2 heteroatoms. The van der Waals surface area contributed by atoms with Crippen molar-refractivity contribution in [3.8, 4) is 0 Å².